The average Bonchev–Trinajstić information content (AvgIpc) is 2.84. The molecule has 0 spiro atoms. The van der Waals surface area contributed by atoms with Crippen molar-refractivity contribution in [2.45, 2.75) is 19.7 Å². The summed E-state index contributed by atoms with van der Waals surface area (Å²) in [5.41, 5.74) is 0.798. The Morgan fingerprint density at radius 2 is 1.54 bits per heavy atom. The number of fused-ring (bicyclic) bond motifs is 2. The van der Waals surface area contributed by atoms with Crippen molar-refractivity contribution < 1.29 is 27.1 Å². The van der Waals surface area contributed by atoms with Crippen LogP contribution < -0.4 is 14.9 Å². The molecular formula is C28H19F3O4. The molecule has 0 N–H and O–H groups in total. The summed E-state index contributed by atoms with van der Waals surface area (Å²) in [4.78, 5) is 13.1. The molecule has 7 heteroatoms. The minimum Gasteiger partial charge on any atom is -0.489 e. The minimum atomic E-state index is -4.95. The lowest BCUT2D eigenvalue weighted by molar-refractivity contribution is -0.154. The van der Waals surface area contributed by atoms with Crippen LogP contribution in [0.15, 0.2) is 94.1 Å². The maximum Gasteiger partial charge on any atom is 0.453 e. The summed E-state index contributed by atoms with van der Waals surface area (Å²) in [6, 6.07) is 23.9. The van der Waals surface area contributed by atoms with Crippen LogP contribution in [0.3, 0.4) is 0 Å². The number of hydrogen-bond donors (Lipinski definition) is 0. The van der Waals surface area contributed by atoms with Gasteiger partial charge >= 0.3 is 6.18 Å². The molecule has 0 aliphatic rings. The largest absolute Gasteiger partial charge is 0.489 e. The van der Waals surface area contributed by atoms with Gasteiger partial charge in [-0.1, -0.05) is 54.6 Å². The van der Waals surface area contributed by atoms with Gasteiger partial charge in [0.25, 0.3) is 5.76 Å². The van der Waals surface area contributed by atoms with E-state index in [9.17, 15) is 18.0 Å². The molecule has 0 saturated heterocycles. The molecule has 0 unspecified atom stereocenters. The number of benzene rings is 4. The lowest BCUT2D eigenvalue weighted by Gasteiger charge is -2.14. The molecule has 0 saturated carbocycles. The van der Waals surface area contributed by atoms with Gasteiger partial charge in [-0.15, -0.1) is 0 Å². The molecule has 0 bridgehead atoms. The number of rotatable bonds is 5. The molecule has 0 radical (unpaired) electrons. The number of ether oxygens (including phenoxy) is 2. The van der Waals surface area contributed by atoms with Crippen LogP contribution in [0.1, 0.15) is 16.9 Å². The molecule has 4 aromatic carbocycles. The molecule has 4 nitrogen and oxygen atoms in total. The molecule has 1 heterocycles. The zero-order valence-electron chi connectivity index (χ0n) is 18.6. The first-order valence-electron chi connectivity index (χ1n) is 10.8. The molecule has 176 valence electrons. The zero-order valence-corrected chi connectivity index (χ0v) is 18.6. The maximum absolute atomic E-state index is 13.9. The van der Waals surface area contributed by atoms with Gasteiger partial charge in [0.05, 0.1) is 5.39 Å². The summed E-state index contributed by atoms with van der Waals surface area (Å²) in [6.45, 7) is 2.16. The lowest BCUT2D eigenvalue weighted by atomic mass is 10.1. The van der Waals surface area contributed by atoms with Crippen molar-refractivity contribution in [3.05, 3.63) is 112 Å². The van der Waals surface area contributed by atoms with Crippen molar-refractivity contribution in [3.8, 4) is 17.2 Å². The molecule has 0 aliphatic carbocycles. The van der Waals surface area contributed by atoms with Crippen molar-refractivity contribution in [2.75, 3.05) is 0 Å². The van der Waals surface area contributed by atoms with Crippen molar-refractivity contribution in [1.29, 1.82) is 0 Å². The quantitative estimate of drug-likeness (QED) is 0.261. The first-order valence-corrected chi connectivity index (χ1v) is 10.8. The van der Waals surface area contributed by atoms with Gasteiger partial charge in [-0.2, -0.15) is 13.2 Å². The van der Waals surface area contributed by atoms with Crippen molar-refractivity contribution in [2.24, 2.45) is 0 Å². The summed E-state index contributed by atoms with van der Waals surface area (Å²) in [5.74, 6) is -2.03. The summed E-state index contributed by atoms with van der Waals surface area (Å²) < 4.78 is 58.0. The predicted octanol–water partition coefficient (Wildman–Crippen LogP) is 7.64. The summed E-state index contributed by atoms with van der Waals surface area (Å²) in [7, 11) is 0. The first kappa shape index (κ1) is 22.5. The van der Waals surface area contributed by atoms with Crippen LogP contribution in [0.25, 0.3) is 21.7 Å². The summed E-state index contributed by atoms with van der Waals surface area (Å²) in [6.07, 6.45) is -4.95. The fourth-order valence-electron chi connectivity index (χ4n) is 3.81. The van der Waals surface area contributed by atoms with Crippen LogP contribution >= 0.6 is 0 Å². The Hall–Kier alpha value is -4.26. The van der Waals surface area contributed by atoms with E-state index in [4.69, 9.17) is 13.9 Å². The second-order valence-electron chi connectivity index (χ2n) is 8.07. The second kappa shape index (κ2) is 8.83. The van der Waals surface area contributed by atoms with Gasteiger partial charge in [0, 0.05) is 6.07 Å². The third-order valence-electron chi connectivity index (χ3n) is 5.68. The van der Waals surface area contributed by atoms with Gasteiger partial charge in [0.2, 0.25) is 11.2 Å². The number of alkyl halides is 3. The fourth-order valence-corrected chi connectivity index (χ4v) is 3.81. The third-order valence-corrected chi connectivity index (χ3v) is 5.68. The normalized spacial score (nSPS) is 11.7. The first-order chi connectivity index (χ1) is 16.8. The van der Waals surface area contributed by atoms with Crippen LogP contribution in [0, 0.1) is 6.92 Å². The molecule has 0 atom stereocenters. The van der Waals surface area contributed by atoms with E-state index < -0.39 is 23.1 Å². The SMILES string of the molecule is Cc1ccccc1COc1ccc2c(=O)c(Oc3ccc4ccccc4c3)c(C(F)(F)F)oc2c1. The Kier molecular flexibility index (Phi) is 5.68. The highest BCUT2D eigenvalue weighted by molar-refractivity contribution is 5.84. The van der Waals surface area contributed by atoms with E-state index in [0.717, 1.165) is 21.9 Å². The van der Waals surface area contributed by atoms with Crippen LogP contribution in [0.4, 0.5) is 13.2 Å². The van der Waals surface area contributed by atoms with Crippen LogP contribution in [0.5, 0.6) is 17.2 Å². The van der Waals surface area contributed by atoms with Crippen molar-refractivity contribution in [3.63, 3.8) is 0 Å². The predicted molar refractivity (Wildman–Crippen MR) is 127 cm³/mol. The van der Waals surface area contributed by atoms with Crippen molar-refractivity contribution in [1.82, 2.24) is 0 Å². The molecule has 5 aromatic rings. The van der Waals surface area contributed by atoms with E-state index in [1.165, 1.54) is 24.3 Å². The Morgan fingerprint density at radius 1 is 0.829 bits per heavy atom. The number of aryl methyl sites for hydroxylation is 1. The highest BCUT2D eigenvalue weighted by atomic mass is 19.4. The fraction of sp³-hybridized carbons (Fsp3) is 0.107. The molecule has 35 heavy (non-hydrogen) atoms. The highest BCUT2D eigenvalue weighted by Crippen LogP contribution is 2.39. The smallest absolute Gasteiger partial charge is 0.453 e. The highest BCUT2D eigenvalue weighted by Gasteiger charge is 2.40. The molecule has 1 aromatic heterocycles. The molecule has 0 aliphatic heterocycles. The summed E-state index contributed by atoms with van der Waals surface area (Å²) in [5, 5.41) is 1.61. The van der Waals surface area contributed by atoms with Gasteiger partial charge < -0.3 is 13.9 Å². The Bertz CT molecular complexity index is 1600. The Morgan fingerprint density at radius 3 is 2.31 bits per heavy atom. The van der Waals surface area contributed by atoms with Crippen molar-refractivity contribution >= 4 is 21.7 Å². The van der Waals surface area contributed by atoms with Gasteiger partial charge in [-0.25, -0.2) is 0 Å². The monoisotopic (exact) mass is 476 g/mol. The van der Waals surface area contributed by atoms with E-state index in [-0.39, 0.29) is 29.1 Å². The van der Waals surface area contributed by atoms with Gasteiger partial charge in [0.1, 0.15) is 23.7 Å². The van der Waals surface area contributed by atoms with Crippen LogP contribution in [-0.4, -0.2) is 0 Å². The molecule has 5 rings (SSSR count). The van der Waals surface area contributed by atoms with E-state index >= 15 is 0 Å². The standard InChI is InChI=1S/C28H19F3O4/c1-17-6-2-3-9-20(17)16-33-21-12-13-23-24(15-21)35-27(28(29,30)31)26(25(23)32)34-22-11-10-18-7-4-5-8-19(18)14-22/h2-15H,16H2,1H3. The number of halogens is 3. The van der Waals surface area contributed by atoms with Gasteiger partial charge in [-0.3, -0.25) is 4.79 Å². The molecule has 0 amide bonds. The van der Waals surface area contributed by atoms with Crippen LogP contribution in [-0.2, 0) is 12.8 Å². The maximum atomic E-state index is 13.9. The third kappa shape index (κ3) is 4.57. The summed E-state index contributed by atoms with van der Waals surface area (Å²) >= 11 is 0. The zero-order chi connectivity index (χ0) is 24.6. The number of hydrogen-bond acceptors (Lipinski definition) is 4. The van der Waals surface area contributed by atoms with Gasteiger partial charge in [0.15, 0.2) is 0 Å². The minimum absolute atomic E-state index is 0.0444. The Labute approximate surface area is 198 Å². The lowest BCUT2D eigenvalue weighted by Crippen LogP contribution is -2.15. The van der Waals surface area contributed by atoms with Gasteiger partial charge in [-0.05, 0) is 53.1 Å². The van der Waals surface area contributed by atoms with E-state index in [1.807, 2.05) is 43.3 Å². The molecule has 0 fully saturated rings. The van der Waals surface area contributed by atoms with Crippen LogP contribution in [0.2, 0.25) is 0 Å². The molecular weight excluding hydrogens is 457 g/mol. The Balaban J connectivity index is 1.53. The topological polar surface area (TPSA) is 48.7 Å². The van der Waals surface area contributed by atoms with E-state index in [1.54, 1.807) is 24.3 Å². The van der Waals surface area contributed by atoms with E-state index in [0.29, 0.717) is 0 Å². The average molecular weight is 476 g/mol. The second-order valence-corrected chi connectivity index (χ2v) is 8.07. The van der Waals surface area contributed by atoms with E-state index in [2.05, 4.69) is 0 Å².